The lowest BCUT2D eigenvalue weighted by Crippen LogP contribution is -2.29. The van der Waals surface area contributed by atoms with Gasteiger partial charge in [0.25, 0.3) is 0 Å². The fourth-order valence-electron chi connectivity index (χ4n) is 1.55. The predicted molar refractivity (Wildman–Crippen MR) is 75.3 cm³/mol. The fourth-order valence-corrected chi connectivity index (χ4v) is 3.57. The van der Waals surface area contributed by atoms with E-state index in [2.05, 4.69) is 37.3 Å². The lowest BCUT2D eigenvalue weighted by Gasteiger charge is -2.16. The van der Waals surface area contributed by atoms with Gasteiger partial charge in [0.2, 0.25) is 0 Å². The van der Waals surface area contributed by atoms with E-state index in [0.717, 1.165) is 9.35 Å². The molecule has 0 saturated carbocycles. The molecule has 1 heterocycles. The van der Waals surface area contributed by atoms with Crippen molar-refractivity contribution in [2.24, 2.45) is 5.84 Å². The van der Waals surface area contributed by atoms with E-state index < -0.39 is 0 Å². The molecule has 0 radical (unpaired) electrons. The van der Waals surface area contributed by atoms with Crippen molar-refractivity contribution in [1.82, 2.24) is 5.43 Å². The van der Waals surface area contributed by atoms with E-state index in [-0.39, 0.29) is 11.9 Å². The molecule has 0 amide bonds. The molecule has 1 aromatic carbocycles. The molecule has 90 valence electrons. The molecule has 2 rings (SSSR count). The monoisotopic (exact) mass is 378 g/mol. The standard InChI is InChI=1S/C11H9Br2FN2S/c12-6-1-2-7(9(14)5-6)10(16-15)11-8(13)3-4-17-11/h1-5,10,16H,15H2. The molecule has 0 spiro atoms. The second kappa shape index (κ2) is 5.58. The van der Waals surface area contributed by atoms with Gasteiger partial charge in [0.1, 0.15) is 5.82 Å². The van der Waals surface area contributed by atoms with E-state index in [1.165, 1.54) is 17.4 Å². The number of hydrazine groups is 1. The molecule has 17 heavy (non-hydrogen) atoms. The Morgan fingerprint density at radius 2 is 2.06 bits per heavy atom. The Morgan fingerprint density at radius 1 is 1.29 bits per heavy atom. The van der Waals surface area contributed by atoms with Crippen LogP contribution in [0.15, 0.2) is 38.6 Å². The van der Waals surface area contributed by atoms with E-state index in [1.54, 1.807) is 12.1 Å². The van der Waals surface area contributed by atoms with Crippen LogP contribution in [0.4, 0.5) is 4.39 Å². The Hall–Kier alpha value is -0.270. The van der Waals surface area contributed by atoms with Crippen LogP contribution in [0.3, 0.4) is 0 Å². The number of halogens is 3. The van der Waals surface area contributed by atoms with Gasteiger partial charge in [0, 0.05) is 19.4 Å². The summed E-state index contributed by atoms with van der Waals surface area (Å²) in [5, 5.41) is 1.93. The molecule has 0 fully saturated rings. The summed E-state index contributed by atoms with van der Waals surface area (Å²) < 4.78 is 15.5. The Balaban J connectivity index is 2.46. The smallest absolute Gasteiger partial charge is 0.129 e. The summed E-state index contributed by atoms with van der Waals surface area (Å²) in [6, 6.07) is 6.51. The van der Waals surface area contributed by atoms with Crippen molar-refractivity contribution < 1.29 is 4.39 Å². The third-order valence-electron chi connectivity index (χ3n) is 2.35. The van der Waals surface area contributed by atoms with Gasteiger partial charge in [-0.15, -0.1) is 11.3 Å². The minimum Gasteiger partial charge on any atom is -0.271 e. The normalized spacial score (nSPS) is 12.7. The number of nitrogens with one attached hydrogen (secondary N) is 1. The summed E-state index contributed by atoms with van der Waals surface area (Å²) in [6.07, 6.45) is 0. The van der Waals surface area contributed by atoms with Crippen LogP contribution in [-0.4, -0.2) is 0 Å². The Bertz CT molecular complexity index is 530. The highest BCUT2D eigenvalue weighted by Crippen LogP contribution is 2.34. The molecule has 0 saturated heterocycles. The third-order valence-corrected chi connectivity index (χ3v) is 4.78. The number of hydrogen-bond donors (Lipinski definition) is 2. The maximum atomic E-state index is 13.9. The van der Waals surface area contributed by atoms with E-state index in [0.29, 0.717) is 10.0 Å². The van der Waals surface area contributed by atoms with Crippen molar-refractivity contribution >= 4 is 43.2 Å². The van der Waals surface area contributed by atoms with Crippen LogP contribution < -0.4 is 11.3 Å². The Labute approximate surface area is 119 Å². The Morgan fingerprint density at radius 3 is 2.59 bits per heavy atom. The van der Waals surface area contributed by atoms with Crippen molar-refractivity contribution in [3.63, 3.8) is 0 Å². The van der Waals surface area contributed by atoms with Gasteiger partial charge in [0.15, 0.2) is 0 Å². The van der Waals surface area contributed by atoms with Gasteiger partial charge in [-0.3, -0.25) is 5.84 Å². The van der Waals surface area contributed by atoms with Crippen LogP contribution in [0.1, 0.15) is 16.5 Å². The van der Waals surface area contributed by atoms with Crippen LogP contribution in [0.5, 0.6) is 0 Å². The molecule has 6 heteroatoms. The van der Waals surface area contributed by atoms with Gasteiger partial charge in [-0.05, 0) is 39.5 Å². The highest BCUT2D eigenvalue weighted by Gasteiger charge is 2.20. The van der Waals surface area contributed by atoms with Crippen molar-refractivity contribution in [3.8, 4) is 0 Å². The van der Waals surface area contributed by atoms with Crippen LogP contribution in [-0.2, 0) is 0 Å². The molecule has 1 unspecified atom stereocenters. The molecule has 0 aliphatic rings. The van der Waals surface area contributed by atoms with Crippen molar-refractivity contribution in [2.75, 3.05) is 0 Å². The first kappa shape index (κ1) is 13.2. The van der Waals surface area contributed by atoms with Gasteiger partial charge in [-0.1, -0.05) is 22.0 Å². The molecule has 2 nitrogen and oxygen atoms in total. The SMILES string of the molecule is NNC(c1ccc(Br)cc1F)c1sccc1Br. The second-order valence-corrected chi connectivity index (χ2v) is 6.12. The highest BCUT2D eigenvalue weighted by atomic mass is 79.9. The summed E-state index contributed by atoms with van der Waals surface area (Å²) in [6.45, 7) is 0. The molecular weight excluding hydrogens is 371 g/mol. The number of thiophene rings is 1. The molecule has 0 aliphatic carbocycles. The average Bonchev–Trinajstić information content (AvgIpc) is 2.69. The van der Waals surface area contributed by atoms with E-state index in [1.807, 2.05) is 11.4 Å². The van der Waals surface area contributed by atoms with Crippen molar-refractivity contribution in [2.45, 2.75) is 6.04 Å². The summed E-state index contributed by atoms with van der Waals surface area (Å²) >= 11 is 8.18. The van der Waals surface area contributed by atoms with Gasteiger partial charge in [0.05, 0.1) is 6.04 Å². The van der Waals surface area contributed by atoms with Crippen LogP contribution >= 0.6 is 43.2 Å². The maximum absolute atomic E-state index is 13.9. The Kier molecular flexibility index (Phi) is 4.32. The van der Waals surface area contributed by atoms with Crippen molar-refractivity contribution in [3.05, 3.63) is 54.8 Å². The zero-order chi connectivity index (χ0) is 12.4. The largest absolute Gasteiger partial charge is 0.271 e. The number of hydrogen-bond acceptors (Lipinski definition) is 3. The van der Waals surface area contributed by atoms with E-state index in [4.69, 9.17) is 5.84 Å². The zero-order valence-corrected chi connectivity index (χ0v) is 12.6. The van der Waals surface area contributed by atoms with Gasteiger partial charge < -0.3 is 0 Å². The summed E-state index contributed by atoms with van der Waals surface area (Å²) in [4.78, 5) is 0.953. The molecule has 2 aromatic rings. The minimum absolute atomic E-state index is 0.289. The van der Waals surface area contributed by atoms with Crippen LogP contribution in [0.25, 0.3) is 0 Å². The molecule has 1 aromatic heterocycles. The molecule has 0 bridgehead atoms. The summed E-state index contributed by atoms with van der Waals surface area (Å²) in [7, 11) is 0. The zero-order valence-electron chi connectivity index (χ0n) is 8.58. The summed E-state index contributed by atoms with van der Waals surface area (Å²) in [5.74, 6) is 5.24. The van der Waals surface area contributed by atoms with E-state index >= 15 is 0 Å². The third kappa shape index (κ3) is 2.77. The topological polar surface area (TPSA) is 38.0 Å². The molecule has 1 atom stereocenters. The first-order valence-corrected chi connectivity index (χ1v) is 7.24. The van der Waals surface area contributed by atoms with E-state index in [9.17, 15) is 4.39 Å². The lowest BCUT2D eigenvalue weighted by molar-refractivity contribution is 0.563. The number of nitrogens with two attached hydrogens (primary N) is 1. The number of rotatable bonds is 3. The van der Waals surface area contributed by atoms with Gasteiger partial charge >= 0.3 is 0 Å². The first-order valence-electron chi connectivity index (χ1n) is 4.77. The van der Waals surface area contributed by atoms with Gasteiger partial charge in [-0.25, -0.2) is 9.82 Å². The molecular formula is C11H9Br2FN2S. The predicted octanol–water partition coefficient (Wildman–Crippen LogP) is 3.96. The molecule has 3 N–H and O–H groups in total. The highest BCUT2D eigenvalue weighted by molar-refractivity contribution is 9.10. The molecule has 0 aliphatic heterocycles. The number of benzene rings is 1. The first-order chi connectivity index (χ1) is 8.13. The van der Waals surface area contributed by atoms with Crippen LogP contribution in [0, 0.1) is 5.82 Å². The average molecular weight is 380 g/mol. The van der Waals surface area contributed by atoms with Crippen LogP contribution in [0.2, 0.25) is 0 Å². The lowest BCUT2D eigenvalue weighted by atomic mass is 10.1. The van der Waals surface area contributed by atoms with Gasteiger partial charge in [-0.2, -0.15) is 0 Å². The minimum atomic E-state index is -0.350. The summed E-state index contributed by atoms with van der Waals surface area (Å²) in [5.41, 5.74) is 3.17. The maximum Gasteiger partial charge on any atom is 0.129 e. The fraction of sp³-hybridized carbons (Fsp3) is 0.0909. The van der Waals surface area contributed by atoms with Crippen molar-refractivity contribution in [1.29, 1.82) is 0 Å². The second-order valence-electron chi connectivity index (χ2n) is 3.40. The quantitative estimate of drug-likeness (QED) is 0.625.